The Morgan fingerprint density at radius 3 is 2.00 bits per heavy atom. The SMILES string of the molecule is Oc1c(Cl)ncnc1Cl. The fourth-order valence-electron chi connectivity index (χ4n) is 0.338. The average Bonchev–Trinajstić information content (AvgIpc) is 1.83. The van der Waals surface area contributed by atoms with E-state index < -0.39 is 0 Å². The van der Waals surface area contributed by atoms with Crippen LogP contribution in [0.4, 0.5) is 0 Å². The first-order chi connectivity index (χ1) is 4.22. The molecule has 0 atom stereocenters. The van der Waals surface area contributed by atoms with Crippen LogP contribution < -0.4 is 0 Å². The highest BCUT2D eigenvalue weighted by Gasteiger charge is 2.02. The molecule has 0 bridgehead atoms. The summed E-state index contributed by atoms with van der Waals surface area (Å²) in [5.74, 6) is -0.277. The molecule has 0 aliphatic rings. The van der Waals surface area contributed by atoms with Gasteiger partial charge in [-0.3, -0.25) is 0 Å². The molecule has 1 N–H and O–H groups in total. The zero-order valence-electron chi connectivity index (χ0n) is 4.17. The molecule has 0 saturated carbocycles. The maximum Gasteiger partial charge on any atom is 0.191 e. The standard InChI is InChI=1S/C4H2Cl2N2O/c5-3-2(9)4(6)8-1-7-3/h1,9H. The van der Waals surface area contributed by atoms with E-state index in [-0.39, 0.29) is 16.1 Å². The van der Waals surface area contributed by atoms with Gasteiger partial charge in [0.1, 0.15) is 6.33 Å². The molecule has 1 rings (SSSR count). The molecule has 0 saturated heterocycles. The molecule has 5 heteroatoms. The van der Waals surface area contributed by atoms with Gasteiger partial charge in [0.2, 0.25) is 0 Å². The molecule has 9 heavy (non-hydrogen) atoms. The van der Waals surface area contributed by atoms with Crippen LogP contribution >= 0.6 is 23.2 Å². The van der Waals surface area contributed by atoms with Gasteiger partial charge in [0, 0.05) is 0 Å². The second-order valence-corrected chi connectivity index (χ2v) is 2.02. The topological polar surface area (TPSA) is 46.0 Å². The molecule has 1 aromatic rings. The van der Waals surface area contributed by atoms with Gasteiger partial charge in [0.05, 0.1) is 0 Å². The second kappa shape index (κ2) is 2.37. The monoisotopic (exact) mass is 164 g/mol. The van der Waals surface area contributed by atoms with Gasteiger partial charge in [-0.05, 0) is 0 Å². The van der Waals surface area contributed by atoms with Crippen molar-refractivity contribution in [2.24, 2.45) is 0 Å². The van der Waals surface area contributed by atoms with Gasteiger partial charge in [-0.1, -0.05) is 23.2 Å². The van der Waals surface area contributed by atoms with Crippen LogP contribution in [0.5, 0.6) is 5.75 Å². The average molecular weight is 165 g/mol. The molecular weight excluding hydrogens is 163 g/mol. The third-order valence-corrected chi connectivity index (χ3v) is 1.29. The summed E-state index contributed by atoms with van der Waals surface area (Å²) in [4.78, 5) is 6.92. The van der Waals surface area contributed by atoms with Crippen LogP contribution in [0.15, 0.2) is 6.33 Å². The Labute approximate surface area is 61.3 Å². The highest BCUT2D eigenvalue weighted by Crippen LogP contribution is 2.25. The van der Waals surface area contributed by atoms with Crippen LogP contribution in [-0.4, -0.2) is 15.1 Å². The first kappa shape index (κ1) is 6.58. The molecule has 0 spiro atoms. The number of aromatic hydroxyl groups is 1. The molecule has 0 unspecified atom stereocenters. The minimum absolute atomic E-state index is 0.0324. The Morgan fingerprint density at radius 1 is 1.22 bits per heavy atom. The fourth-order valence-corrected chi connectivity index (χ4v) is 0.652. The van der Waals surface area contributed by atoms with E-state index >= 15 is 0 Å². The lowest BCUT2D eigenvalue weighted by molar-refractivity contribution is 0.470. The first-order valence-corrected chi connectivity index (χ1v) is 2.82. The first-order valence-electron chi connectivity index (χ1n) is 2.07. The Balaban J connectivity index is 3.25. The van der Waals surface area contributed by atoms with E-state index in [2.05, 4.69) is 9.97 Å². The van der Waals surface area contributed by atoms with Crippen molar-refractivity contribution in [1.82, 2.24) is 9.97 Å². The largest absolute Gasteiger partial charge is 0.503 e. The van der Waals surface area contributed by atoms with E-state index in [0.717, 1.165) is 0 Å². The summed E-state index contributed by atoms with van der Waals surface area (Å²) in [6.45, 7) is 0. The minimum Gasteiger partial charge on any atom is -0.503 e. The van der Waals surface area contributed by atoms with Crippen molar-refractivity contribution in [3.63, 3.8) is 0 Å². The lowest BCUT2D eigenvalue weighted by atomic mass is 10.6. The fraction of sp³-hybridized carbons (Fsp3) is 0. The number of halogens is 2. The van der Waals surface area contributed by atoms with Crippen LogP contribution in [0.3, 0.4) is 0 Å². The molecule has 48 valence electrons. The molecule has 0 fully saturated rings. The van der Waals surface area contributed by atoms with Gasteiger partial charge in [-0.15, -0.1) is 0 Å². The van der Waals surface area contributed by atoms with E-state index in [1.165, 1.54) is 6.33 Å². The minimum atomic E-state index is -0.277. The summed E-state index contributed by atoms with van der Waals surface area (Å²) in [7, 11) is 0. The molecule has 1 heterocycles. The Hall–Kier alpha value is -0.540. The number of rotatable bonds is 0. The van der Waals surface area contributed by atoms with E-state index in [1.807, 2.05) is 0 Å². The predicted molar refractivity (Wildman–Crippen MR) is 33.7 cm³/mol. The Morgan fingerprint density at radius 2 is 1.67 bits per heavy atom. The van der Waals surface area contributed by atoms with Gasteiger partial charge in [-0.2, -0.15) is 0 Å². The summed E-state index contributed by atoms with van der Waals surface area (Å²) in [5, 5.41) is 8.75. The molecule has 3 nitrogen and oxygen atoms in total. The molecular formula is C4H2Cl2N2O. The summed E-state index contributed by atoms with van der Waals surface area (Å²) in [5.41, 5.74) is 0. The van der Waals surface area contributed by atoms with Crippen LogP contribution in [0.25, 0.3) is 0 Å². The third-order valence-electron chi connectivity index (χ3n) is 0.733. The van der Waals surface area contributed by atoms with Gasteiger partial charge in [-0.25, -0.2) is 9.97 Å². The van der Waals surface area contributed by atoms with E-state index in [9.17, 15) is 0 Å². The highest BCUT2D eigenvalue weighted by molar-refractivity contribution is 6.35. The van der Waals surface area contributed by atoms with Crippen molar-refractivity contribution >= 4 is 23.2 Å². The van der Waals surface area contributed by atoms with Crippen LogP contribution in [-0.2, 0) is 0 Å². The molecule has 0 radical (unpaired) electrons. The van der Waals surface area contributed by atoms with Crippen LogP contribution in [0.2, 0.25) is 10.3 Å². The van der Waals surface area contributed by atoms with E-state index in [4.69, 9.17) is 28.3 Å². The lowest BCUT2D eigenvalue weighted by Crippen LogP contribution is -1.80. The second-order valence-electron chi connectivity index (χ2n) is 1.30. The van der Waals surface area contributed by atoms with Crippen molar-refractivity contribution in [3.8, 4) is 5.75 Å². The predicted octanol–water partition coefficient (Wildman–Crippen LogP) is 1.49. The van der Waals surface area contributed by atoms with Crippen molar-refractivity contribution in [1.29, 1.82) is 0 Å². The number of hydrogen-bond donors (Lipinski definition) is 1. The summed E-state index contributed by atoms with van der Waals surface area (Å²) in [6, 6.07) is 0. The van der Waals surface area contributed by atoms with Gasteiger partial charge >= 0.3 is 0 Å². The maximum atomic E-state index is 8.82. The molecule has 1 aromatic heterocycles. The molecule has 0 aliphatic carbocycles. The zero-order chi connectivity index (χ0) is 6.85. The lowest BCUT2D eigenvalue weighted by Gasteiger charge is -1.93. The van der Waals surface area contributed by atoms with Crippen molar-refractivity contribution < 1.29 is 5.11 Å². The maximum absolute atomic E-state index is 8.82. The highest BCUT2D eigenvalue weighted by atomic mass is 35.5. The van der Waals surface area contributed by atoms with Crippen molar-refractivity contribution in [2.75, 3.05) is 0 Å². The van der Waals surface area contributed by atoms with E-state index in [0.29, 0.717) is 0 Å². The van der Waals surface area contributed by atoms with Gasteiger partial charge < -0.3 is 5.11 Å². The summed E-state index contributed by atoms with van der Waals surface area (Å²) >= 11 is 10.7. The normalized spacial score (nSPS) is 9.56. The number of aromatic nitrogens is 2. The van der Waals surface area contributed by atoms with Crippen molar-refractivity contribution in [2.45, 2.75) is 0 Å². The zero-order valence-corrected chi connectivity index (χ0v) is 5.69. The Bertz CT molecular complexity index is 208. The summed E-state index contributed by atoms with van der Waals surface area (Å²) < 4.78 is 0. The molecule has 0 aromatic carbocycles. The van der Waals surface area contributed by atoms with Gasteiger partial charge in [0.15, 0.2) is 16.1 Å². The quantitative estimate of drug-likeness (QED) is 0.592. The van der Waals surface area contributed by atoms with E-state index in [1.54, 1.807) is 0 Å². The molecule has 0 aliphatic heterocycles. The van der Waals surface area contributed by atoms with Crippen LogP contribution in [0.1, 0.15) is 0 Å². The molecule has 0 amide bonds. The number of nitrogens with zero attached hydrogens (tertiary/aromatic N) is 2. The summed E-state index contributed by atoms with van der Waals surface area (Å²) in [6.07, 6.45) is 1.17. The van der Waals surface area contributed by atoms with Crippen molar-refractivity contribution in [3.05, 3.63) is 16.6 Å². The van der Waals surface area contributed by atoms with Gasteiger partial charge in [0.25, 0.3) is 0 Å². The third kappa shape index (κ3) is 1.23. The smallest absolute Gasteiger partial charge is 0.191 e. The van der Waals surface area contributed by atoms with Crippen LogP contribution in [0, 0.1) is 0 Å². The Kier molecular flexibility index (Phi) is 1.73. The number of hydrogen-bond acceptors (Lipinski definition) is 3.